The summed E-state index contributed by atoms with van der Waals surface area (Å²) in [6, 6.07) is 0. The summed E-state index contributed by atoms with van der Waals surface area (Å²) in [5.74, 6) is -1.48. The lowest BCUT2D eigenvalue weighted by Crippen LogP contribution is -2.47. The Balaban J connectivity index is 2.45. The molecule has 4 nitrogen and oxygen atoms in total. The van der Waals surface area contributed by atoms with Crippen LogP contribution in [0.4, 0.5) is 0 Å². The molecule has 1 aliphatic carbocycles. The highest BCUT2D eigenvalue weighted by Gasteiger charge is 2.38. The summed E-state index contributed by atoms with van der Waals surface area (Å²) in [6.07, 6.45) is 3.43. The smallest absolute Gasteiger partial charge is 0.318 e. The number of carbonyl (C=O) groups is 2. The average Bonchev–Trinajstić information content (AvgIpc) is 2.10. The van der Waals surface area contributed by atoms with Crippen LogP contribution < -0.4 is 5.32 Å². The van der Waals surface area contributed by atoms with Crippen LogP contribution >= 0.6 is 0 Å². The van der Waals surface area contributed by atoms with Crippen molar-refractivity contribution in [3.63, 3.8) is 0 Å². The zero-order chi connectivity index (χ0) is 11.7. The van der Waals surface area contributed by atoms with Crippen LogP contribution in [-0.4, -0.2) is 23.5 Å². The molecule has 0 atom stereocenters. The quantitative estimate of drug-likeness (QED) is 0.694. The molecule has 0 bridgehead atoms. The van der Waals surface area contributed by atoms with Gasteiger partial charge < -0.3 is 10.4 Å². The van der Waals surface area contributed by atoms with Crippen molar-refractivity contribution in [1.82, 2.24) is 5.32 Å². The van der Waals surface area contributed by atoms with Crippen LogP contribution in [0.25, 0.3) is 0 Å². The van der Waals surface area contributed by atoms with E-state index in [1.165, 1.54) is 20.3 Å². The monoisotopic (exact) mass is 213 g/mol. The number of nitrogens with one attached hydrogen (secondary N) is 1. The molecule has 0 unspecified atom stereocenters. The number of aliphatic carboxylic acids is 1. The lowest BCUT2D eigenvalue weighted by Gasteiger charge is -2.39. The van der Waals surface area contributed by atoms with Gasteiger partial charge in [0.1, 0.15) is 5.41 Å². The molecule has 1 fully saturated rings. The van der Waals surface area contributed by atoms with Gasteiger partial charge in [0.2, 0.25) is 5.91 Å². The normalized spacial score (nSPS) is 19.1. The van der Waals surface area contributed by atoms with Crippen molar-refractivity contribution in [3.05, 3.63) is 0 Å². The van der Waals surface area contributed by atoms with Crippen LogP contribution in [0.3, 0.4) is 0 Å². The number of hydrogen-bond donors (Lipinski definition) is 2. The van der Waals surface area contributed by atoms with Crippen molar-refractivity contribution in [3.8, 4) is 0 Å². The first kappa shape index (κ1) is 12.0. The maximum Gasteiger partial charge on any atom is 0.318 e. The summed E-state index contributed by atoms with van der Waals surface area (Å²) >= 11 is 0. The Labute approximate surface area is 90.0 Å². The van der Waals surface area contributed by atoms with E-state index in [2.05, 4.69) is 12.2 Å². The fourth-order valence-corrected chi connectivity index (χ4v) is 1.57. The second-order valence-corrected chi connectivity index (χ2v) is 5.28. The molecule has 0 heterocycles. The van der Waals surface area contributed by atoms with Gasteiger partial charge in [0.25, 0.3) is 0 Å². The maximum absolute atomic E-state index is 11.6. The van der Waals surface area contributed by atoms with Crippen molar-refractivity contribution in [2.24, 2.45) is 10.8 Å². The van der Waals surface area contributed by atoms with Gasteiger partial charge in [-0.2, -0.15) is 0 Å². The summed E-state index contributed by atoms with van der Waals surface area (Å²) < 4.78 is 0. The topological polar surface area (TPSA) is 66.4 Å². The van der Waals surface area contributed by atoms with Crippen molar-refractivity contribution < 1.29 is 14.7 Å². The van der Waals surface area contributed by atoms with Gasteiger partial charge >= 0.3 is 5.97 Å². The molecule has 1 aliphatic rings. The molecule has 0 radical (unpaired) electrons. The molecule has 0 spiro atoms. The standard InChI is InChI=1S/C11H19NO3/c1-10(2,9(14)15)8(13)12-7-11(3)5-4-6-11/h4-7H2,1-3H3,(H,12,13)(H,14,15). The zero-order valence-electron chi connectivity index (χ0n) is 9.59. The fraction of sp³-hybridized carbons (Fsp3) is 0.818. The van der Waals surface area contributed by atoms with Gasteiger partial charge in [-0.25, -0.2) is 0 Å². The van der Waals surface area contributed by atoms with Crippen molar-refractivity contribution in [1.29, 1.82) is 0 Å². The molecular weight excluding hydrogens is 194 g/mol. The van der Waals surface area contributed by atoms with E-state index >= 15 is 0 Å². The van der Waals surface area contributed by atoms with E-state index in [1.54, 1.807) is 0 Å². The molecule has 0 saturated heterocycles. The second-order valence-electron chi connectivity index (χ2n) is 5.28. The van der Waals surface area contributed by atoms with Gasteiger partial charge in [-0.1, -0.05) is 13.3 Å². The summed E-state index contributed by atoms with van der Waals surface area (Å²) in [5, 5.41) is 11.6. The number of carboxylic acid groups (broad SMARTS) is 1. The largest absolute Gasteiger partial charge is 0.480 e. The van der Waals surface area contributed by atoms with Crippen LogP contribution in [0.2, 0.25) is 0 Å². The zero-order valence-corrected chi connectivity index (χ0v) is 9.59. The first-order valence-corrected chi connectivity index (χ1v) is 5.30. The van der Waals surface area contributed by atoms with Gasteiger partial charge in [0.05, 0.1) is 0 Å². The minimum atomic E-state index is -1.33. The van der Waals surface area contributed by atoms with Gasteiger partial charge in [0.15, 0.2) is 0 Å². The van der Waals surface area contributed by atoms with Crippen molar-refractivity contribution in [2.75, 3.05) is 6.54 Å². The van der Waals surface area contributed by atoms with Crippen LogP contribution in [0.1, 0.15) is 40.0 Å². The molecule has 2 N–H and O–H groups in total. The Hall–Kier alpha value is -1.06. The van der Waals surface area contributed by atoms with E-state index in [4.69, 9.17) is 5.11 Å². The molecule has 4 heteroatoms. The van der Waals surface area contributed by atoms with E-state index in [9.17, 15) is 9.59 Å². The van der Waals surface area contributed by atoms with E-state index in [0.717, 1.165) is 12.8 Å². The molecule has 1 amide bonds. The molecule has 15 heavy (non-hydrogen) atoms. The summed E-state index contributed by atoms with van der Waals surface area (Å²) in [4.78, 5) is 22.4. The molecule has 0 aromatic carbocycles. The number of rotatable bonds is 4. The number of carboxylic acids is 1. The Morgan fingerprint density at radius 2 is 1.93 bits per heavy atom. The lowest BCUT2D eigenvalue weighted by molar-refractivity contribution is -0.153. The van der Waals surface area contributed by atoms with Crippen molar-refractivity contribution in [2.45, 2.75) is 40.0 Å². The molecule has 86 valence electrons. The summed E-state index contributed by atoms with van der Waals surface area (Å²) in [7, 11) is 0. The van der Waals surface area contributed by atoms with Crippen LogP contribution in [0, 0.1) is 10.8 Å². The Kier molecular flexibility index (Phi) is 3.07. The molecule has 0 aliphatic heterocycles. The minimum absolute atomic E-state index is 0.185. The molecule has 0 aromatic heterocycles. The molecule has 1 rings (SSSR count). The first-order chi connectivity index (χ1) is 6.78. The third kappa shape index (κ3) is 2.49. The Morgan fingerprint density at radius 1 is 1.40 bits per heavy atom. The third-order valence-electron chi connectivity index (χ3n) is 3.34. The number of amides is 1. The highest BCUT2D eigenvalue weighted by atomic mass is 16.4. The highest BCUT2D eigenvalue weighted by Crippen LogP contribution is 2.39. The van der Waals surface area contributed by atoms with E-state index in [1.807, 2.05) is 0 Å². The molecule has 0 aromatic rings. The van der Waals surface area contributed by atoms with Gasteiger partial charge in [-0.3, -0.25) is 9.59 Å². The highest BCUT2D eigenvalue weighted by molar-refractivity contribution is 6.00. The van der Waals surface area contributed by atoms with Crippen LogP contribution in [0.5, 0.6) is 0 Å². The number of hydrogen-bond acceptors (Lipinski definition) is 2. The summed E-state index contributed by atoms with van der Waals surface area (Å²) in [6.45, 7) is 5.55. The van der Waals surface area contributed by atoms with Crippen LogP contribution in [-0.2, 0) is 9.59 Å². The predicted octanol–water partition coefficient (Wildman–Crippen LogP) is 1.40. The summed E-state index contributed by atoms with van der Waals surface area (Å²) in [5.41, 5.74) is -1.15. The van der Waals surface area contributed by atoms with Crippen molar-refractivity contribution >= 4 is 11.9 Å². The molecular formula is C11H19NO3. The maximum atomic E-state index is 11.6. The SMILES string of the molecule is CC1(CNC(=O)C(C)(C)C(=O)O)CCC1. The first-order valence-electron chi connectivity index (χ1n) is 5.30. The fourth-order valence-electron chi connectivity index (χ4n) is 1.57. The van der Waals surface area contributed by atoms with Gasteiger partial charge in [-0.15, -0.1) is 0 Å². The Bertz CT molecular complexity index is 280. The lowest BCUT2D eigenvalue weighted by atomic mass is 9.70. The average molecular weight is 213 g/mol. The van der Waals surface area contributed by atoms with E-state index in [0.29, 0.717) is 6.54 Å². The predicted molar refractivity (Wildman–Crippen MR) is 56.4 cm³/mol. The molecule has 1 saturated carbocycles. The second kappa shape index (κ2) is 3.83. The Morgan fingerprint density at radius 3 is 2.27 bits per heavy atom. The van der Waals surface area contributed by atoms with Gasteiger partial charge in [0, 0.05) is 6.54 Å². The minimum Gasteiger partial charge on any atom is -0.480 e. The number of carbonyl (C=O) groups excluding carboxylic acids is 1. The third-order valence-corrected chi connectivity index (χ3v) is 3.34. The van der Waals surface area contributed by atoms with Crippen LogP contribution in [0.15, 0.2) is 0 Å². The van der Waals surface area contributed by atoms with E-state index < -0.39 is 17.3 Å². The van der Waals surface area contributed by atoms with Gasteiger partial charge in [-0.05, 0) is 32.1 Å². The van der Waals surface area contributed by atoms with E-state index in [-0.39, 0.29) is 5.41 Å².